The van der Waals surface area contributed by atoms with E-state index in [9.17, 15) is 0 Å². The summed E-state index contributed by atoms with van der Waals surface area (Å²) >= 11 is 0. The van der Waals surface area contributed by atoms with Crippen LogP contribution in [-0.4, -0.2) is 21.2 Å². The first-order chi connectivity index (χ1) is 6.09. The molecule has 1 rings (SSSR count). The van der Waals surface area contributed by atoms with Gasteiger partial charge in [-0.05, 0) is 18.4 Å². The highest BCUT2D eigenvalue weighted by molar-refractivity contribution is 5.09. The van der Waals surface area contributed by atoms with Crippen molar-refractivity contribution in [3.8, 4) is 0 Å². The van der Waals surface area contributed by atoms with Gasteiger partial charge in [-0.3, -0.25) is 0 Å². The van der Waals surface area contributed by atoms with Gasteiger partial charge in [0.15, 0.2) is 0 Å². The third-order valence-electron chi connectivity index (χ3n) is 1.87. The molecule has 13 heavy (non-hydrogen) atoms. The zero-order valence-electron chi connectivity index (χ0n) is 8.36. The second kappa shape index (κ2) is 4.33. The Morgan fingerprint density at radius 3 is 2.15 bits per heavy atom. The van der Waals surface area contributed by atoms with E-state index in [1.807, 2.05) is 12.4 Å². The summed E-state index contributed by atoms with van der Waals surface area (Å²) in [6.45, 7) is 5.94. The minimum Gasteiger partial charge on any atom is -0.393 e. The molecule has 0 aliphatic rings. The highest BCUT2D eigenvalue weighted by Gasteiger charge is 2.03. The number of hydrogen-bond acceptors (Lipinski definition) is 3. The third kappa shape index (κ3) is 3.11. The van der Waals surface area contributed by atoms with Gasteiger partial charge in [-0.25, -0.2) is 9.97 Å². The molecule has 0 aliphatic carbocycles. The Hall–Kier alpha value is -0.960. The van der Waals surface area contributed by atoms with E-state index in [0.717, 1.165) is 5.56 Å². The lowest BCUT2D eigenvalue weighted by atomic mass is 10.1. The van der Waals surface area contributed by atoms with Gasteiger partial charge < -0.3 is 5.11 Å². The van der Waals surface area contributed by atoms with E-state index in [4.69, 9.17) is 5.11 Å². The fourth-order valence-corrected chi connectivity index (χ4v) is 1.03. The molecule has 0 radical (unpaired) electrons. The number of aromatic nitrogens is 2. The highest BCUT2D eigenvalue weighted by Crippen LogP contribution is 2.11. The summed E-state index contributed by atoms with van der Waals surface area (Å²) in [5, 5.41) is 9.10. The van der Waals surface area contributed by atoms with Crippen LogP contribution in [0.4, 0.5) is 0 Å². The van der Waals surface area contributed by atoms with Crippen molar-refractivity contribution in [3.05, 3.63) is 23.8 Å². The Morgan fingerprint density at radius 1 is 1.23 bits per heavy atom. The summed E-state index contributed by atoms with van der Waals surface area (Å²) in [5.41, 5.74) is 1.13. The molecule has 3 heteroatoms. The molecule has 1 N–H and O–H groups in total. The molecular formula is C10H16N2O. The number of nitrogens with zero attached hydrogens (tertiary/aromatic N) is 2. The monoisotopic (exact) mass is 180 g/mol. The molecule has 0 aromatic carbocycles. The minimum absolute atomic E-state index is 0.370. The zero-order chi connectivity index (χ0) is 9.84. The van der Waals surface area contributed by atoms with Gasteiger partial charge in [-0.15, -0.1) is 0 Å². The third-order valence-corrected chi connectivity index (χ3v) is 1.87. The Kier molecular flexibility index (Phi) is 3.37. The number of aliphatic hydroxyl groups is 1. The van der Waals surface area contributed by atoms with Gasteiger partial charge in [0.05, 0.1) is 6.10 Å². The Bertz CT molecular complexity index is 254. The largest absolute Gasteiger partial charge is 0.393 e. The summed E-state index contributed by atoms with van der Waals surface area (Å²) < 4.78 is 0. The first-order valence-corrected chi connectivity index (χ1v) is 4.58. The van der Waals surface area contributed by atoms with Crippen molar-refractivity contribution in [1.29, 1.82) is 0 Å². The van der Waals surface area contributed by atoms with Gasteiger partial charge >= 0.3 is 0 Å². The van der Waals surface area contributed by atoms with Crippen molar-refractivity contribution in [1.82, 2.24) is 9.97 Å². The Balaban J connectivity index is 2.70. The summed E-state index contributed by atoms with van der Waals surface area (Å²) in [6.07, 6.45) is 3.81. The molecule has 72 valence electrons. The van der Waals surface area contributed by atoms with Crippen LogP contribution in [0.15, 0.2) is 12.4 Å². The summed E-state index contributed by atoms with van der Waals surface area (Å²) in [6, 6.07) is 0. The second-order valence-electron chi connectivity index (χ2n) is 3.64. The smallest absolute Gasteiger partial charge is 0.130 e. The van der Waals surface area contributed by atoms with Crippen molar-refractivity contribution >= 4 is 0 Å². The average Bonchev–Trinajstić information content (AvgIpc) is 2.04. The van der Waals surface area contributed by atoms with E-state index in [1.54, 1.807) is 6.92 Å². The van der Waals surface area contributed by atoms with Gasteiger partial charge in [-0.2, -0.15) is 0 Å². The van der Waals surface area contributed by atoms with Crippen molar-refractivity contribution in [2.24, 2.45) is 0 Å². The van der Waals surface area contributed by atoms with Crippen molar-refractivity contribution < 1.29 is 5.11 Å². The van der Waals surface area contributed by atoms with E-state index in [-0.39, 0.29) is 6.10 Å². The quantitative estimate of drug-likeness (QED) is 0.767. The molecule has 0 saturated carbocycles. The van der Waals surface area contributed by atoms with Crippen LogP contribution in [0.3, 0.4) is 0 Å². The lowest BCUT2D eigenvalue weighted by Crippen LogP contribution is -2.08. The second-order valence-corrected chi connectivity index (χ2v) is 3.64. The molecule has 3 nitrogen and oxygen atoms in total. The summed E-state index contributed by atoms with van der Waals surface area (Å²) in [4.78, 5) is 8.34. The van der Waals surface area contributed by atoms with Crippen molar-refractivity contribution in [3.63, 3.8) is 0 Å². The minimum atomic E-state index is -0.370. The standard InChI is InChI=1S/C10H16N2O/c1-7(2)9-5-11-10(12-6-9)4-8(3)13/h5-8,13H,4H2,1-3H3. The first kappa shape index (κ1) is 10.1. The van der Waals surface area contributed by atoms with Crippen LogP contribution in [0.1, 0.15) is 38.1 Å². The summed E-state index contributed by atoms with van der Waals surface area (Å²) in [5.74, 6) is 1.17. The topological polar surface area (TPSA) is 46.0 Å². The number of aliphatic hydroxyl groups excluding tert-OH is 1. The maximum Gasteiger partial charge on any atom is 0.130 e. The predicted molar refractivity (Wildman–Crippen MR) is 51.5 cm³/mol. The van der Waals surface area contributed by atoms with E-state index >= 15 is 0 Å². The van der Waals surface area contributed by atoms with Crippen LogP contribution >= 0.6 is 0 Å². The zero-order valence-corrected chi connectivity index (χ0v) is 8.36. The van der Waals surface area contributed by atoms with E-state index in [2.05, 4.69) is 23.8 Å². The molecule has 0 saturated heterocycles. The van der Waals surface area contributed by atoms with Crippen LogP contribution in [0.25, 0.3) is 0 Å². The number of hydrogen-bond donors (Lipinski definition) is 1. The first-order valence-electron chi connectivity index (χ1n) is 4.58. The lowest BCUT2D eigenvalue weighted by molar-refractivity contribution is 0.193. The molecule has 0 amide bonds. The highest BCUT2D eigenvalue weighted by atomic mass is 16.3. The fraction of sp³-hybridized carbons (Fsp3) is 0.600. The fourth-order valence-electron chi connectivity index (χ4n) is 1.03. The van der Waals surface area contributed by atoms with Gasteiger partial charge in [-0.1, -0.05) is 13.8 Å². The maximum absolute atomic E-state index is 9.10. The maximum atomic E-state index is 9.10. The molecular weight excluding hydrogens is 164 g/mol. The van der Waals surface area contributed by atoms with Crippen molar-refractivity contribution in [2.45, 2.75) is 39.2 Å². The van der Waals surface area contributed by atoms with Gasteiger partial charge in [0.1, 0.15) is 5.82 Å². The van der Waals surface area contributed by atoms with Gasteiger partial charge in [0.25, 0.3) is 0 Å². The van der Waals surface area contributed by atoms with Crippen molar-refractivity contribution in [2.75, 3.05) is 0 Å². The summed E-state index contributed by atoms with van der Waals surface area (Å²) in [7, 11) is 0. The van der Waals surface area contributed by atoms with E-state index in [1.165, 1.54) is 0 Å². The SMILES string of the molecule is CC(O)Cc1ncc(C(C)C)cn1. The lowest BCUT2D eigenvalue weighted by Gasteiger charge is -2.05. The van der Waals surface area contributed by atoms with Crippen LogP contribution < -0.4 is 0 Å². The Morgan fingerprint density at radius 2 is 1.77 bits per heavy atom. The average molecular weight is 180 g/mol. The molecule has 1 atom stereocenters. The molecule has 1 heterocycles. The molecule has 0 aliphatic heterocycles. The van der Waals surface area contributed by atoms with Crippen LogP contribution in [-0.2, 0) is 6.42 Å². The molecule has 1 aromatic heterocycles. The normalized spacial score (nSPS) is 13.3. The van der Waals surface area contributed by atoms with Crippen LogP contribution in [0.2, 0.25) is 0 Å². The van der Waals surface area contributed by atoms with Crippen LogP contribution in [0.5, 0.6) is 0 Å². The number of rotatable bonds is 3. The molecule has 0 fully saturated rings. The van der Waals surface area contributed by atoms with Crippen LogP contribution in [0, 0.1) is 0 Å². The van der Waals surface area contributed by atoms with Gasteiger partial charge in [0.2, 0.25) is 0 Å². The molecule has 0 spiro atoms. The molecule has 1 unspecified atom stereocenters. The Labute approximate surface area is 78.9 Å². The predicted octanol–water partition coefficient (Wildman–Crippen LogP) is 1.52. The van der Waals surface area contributed by atoms with E-state index < -0.39 is 0 Å². The molecule has 1 aromatic rings. The molecule has 0 bridgehead atoms. The van der Waals surface area contributed by atoms with Gasteiger partial charge in [0, 0.05) is 18.8 Å². The van der Waals surface area contributed by atoms with E-state index in [0.29, 0.717) is 18.2 Å².